The summed E-state index contributed by atoms with van der Waals surface area (Å²) < 4.78 is 13.3. The Morgan fingerprint density at radius 1 is 1.19 bits per heavy atom. The second-order valence-electron chi connectivity index (χ2n) is 3.19. The quantitative estimate of drug-likeness (QED) is 0.888. The van der Waals surface area contributed by atoms with E-state index in [2.05, 4.69) is 4.98 Å². The summed E-state index contributed by atoms with van der Waals surface area (Å²) in [4.78, 5) is 4.85. The number of rotatable bonds is 3. The number of halogens is 1. The maximum Gasteiger partial charge on any atom is 0.155 e. The molecule has 0 fully saturated rings. The highest BCUT2D eigenvalue weighted by molar-refractivity contribution is 7.99. The molecule has 0 bridgehead atoms. The summed E-state index contributed by atoms with van der Waals surface area (Å²) in [6.45, 7) is 0.0168. The summed E-state index contributed by atoms with van der Waals surface area (Å²) in [5, 5.41) is 9.24. The summed E-state index contributed by atoms with van der Waals surface area (Å²) in [7, 11) is 0. The number of hydrogen-bond acceptors (Lipinski definition) is 3. The molecule has 16 heavy (non-hydrogen) atoms. The van der Waals surface area contributed by atoms with E-state index in [4.69, 9.17) is 5.11 Å². The van der Waals surface area contributed by atoms with Crippen LogP contribution in [0.25, 0.3) is 0 Å². The maximum absolute atomic E-state index is 13.3. The minimum Gasteiger partial charge on any atom is -0.392 e. The van der Waals surface area contributed by atoms with Gasteiger partial charge in [0.15, 0.2) is 5.82 Å². The fraction of sp³-hybridized carbons (Fsp3) is 0.0833. The smallest absolute Gasteiger partial charge is 0.155 e. The molecule has 0 aliphatic carbocycles. The van der Waals surface area contributed by atoms with E-state index in [1.54, 1.807) is 12.3 Å². The van der Waals surface area contributed by atoms with Crippen molar-refractivity contribution in [2.75, 3.05) is 0 Å². The Balaban J connectivity index is 2.18. The van der Waals surface area contributed by atoms with E-state index in [9.17, 15) is 4.39 Å². The van der Waals surface area contributed by atoms with Crippen LogP contribution in [-0.2, 0) is 6.61 Å². The molecule has 2 rings (SSSR count). The zero-order valence-corrected chi connectivity index (χ0v) is 9.25. The van der Waals surface area contributed by atoms with Crippen LogP contribution in [0.2, 0.25) is 0 Å². The lowest BCUT2D eigenvalue weighted by Crippen LogP contribution is -1.86. The molecule has 2 nitrogen and oxygen atoms in total. The third kappa shape index (κ3) is 2.59. The Morgan fingerprint density at radius 3 is 2.56 bits per heavy atom. The molecule has 0 unspecified atom stereocenters. The number of pyridine rings is 1. The SMILES string of the molecule is OCc1ccc(Sc2ncccc2F)cc1. The van der Waals surface area contributed by atoms with Crippen molar-refractivity contribution >= 4 is 11.8 Å². The average Bonchev–Trinajstić information content (AvgIpc) is 2.33. The molecule has 1 aromatic heterocycles. The first-order chi connectivity index (χ1) is 7.79. The normalized spacial score (nSPS) is 10.4. The molecule has 0 spiro atoms. The Labute approximate surface area is 97.2 Å². The molecular weight excluding hydrogens is 225 g/mol. The maximum atomic E-state index is 13.3. The Bertz CT molecular complexity index is 473. The highest BCUT2D eigenvalue weighted by atomic mass is 32.2. The highest BCUT2D eigenvalue weighted by Gasteiger charge is 2.04. The number of benzene rings is 1. The molecule has 82 valence electrons. The van der Waals surface area contributed by atoms with Gasteiger partial charge in [0.2, 0.25) is 0 Å². The second-order valence-corrected chi connectivity index (χ2v) is 4.26. The molecule has 0 aliphatic heterocycles. The van der Waals surface area contributed by atoms with Gasteiger partial charge in [-0.1, -0.05) is 23.9 Å². The van der Waals surface area contributed by atoms with Crippen LogP contribution in [0, 0.1) is 5.82 Å². The van der Waals surface area contributed by atoms with Gasteiger partial charge in [0, 0.05) is 11.1 Å². The van der Waals surface area contributed by atoms with Gasteiger partial charge in [-0.2, -0.15) is 0 Å². The van der Waals surface area contributed by atoms with Gasteiger partial charge in [-0.3, -0.25) is 0 Å². The van der Waals surface area contributed by atoms with Crippen molar-refractivity contribution in [1.29, 1.82) is 0 Å². The molecule has 0 saturated carbocycles. The first-order valence-electron chi connectivity index (χ1n) is 4.78. The van der Waals surface area contributed by atoms with Crippen LogP contribution in [-0.4, -0.2) is 10.1 Å². The van der Waals surface area contributed by atoms with Crippen LogP contribution < -0.4 is 0 Å². The standard InChI is InChI=1S/C12H10FNOS/c13-11-2-1-7-14-12(11)16-10-5-3-9(8-15)4-6-10/h1-7,15H,8H2. The summed E-state index contributed by atoms with van der Waals surface area (Å²) in [5.41, 5.74) is 0.839. The minimum absolute atomic E-state index is 0.0168. The third-order valence-electron chi connectivity index (χ3n) is 2.05. The second kappa shape index (κ2) is 5.09. The molecule has 0 radical (unpaired) electrons. The van der Waals surface area contributed by atoms with Crippen molar-refractivity contribution in [2.45, 2.75) is 16.5 Å². The Kier molecular flexibility index (Phi) is 3.54. The van der Waals surface area contributed by atoms with Gasteiger partial charge in [0.05, 0.1) is 6.61 Å². The molecule has 0 aliphatic rings. The largest absolute Gasteiger partial charge is 0.392 e. The predicted molar refractivity (Wildman–Crippen MR) is 60.7 cm³/mol. The molecule has 1 heterocycles. The van der Waals surface area contributed by atoms with Crippen LogP contribution in [0.1, 0.15) is 5.56 Å². The number of hydrogen-bond donors (Lipinski definition) is 1. The topological polar surface area (TPSA) is 33.1 Å². The third-order valence-corrected chi connectivity index (χ3v) is 3.05. The molecule has 1 N–H and O–H groups in total. The van der Waals surface area contributed by atoms with Crippen LogP contribution in [0.15, 0.2) is 52.5 Å². The van der Waals surface area contributed by atoms with Gasteiger partial charge in [0.1, 0.15) is 5.03 Å². The first-order valence-corrected chi connectivity index (χ1v) is 5.59. The molecular formula is C12H10FNOS. The van der Waals surface area contributed by atoms with E-state index in [-0.39, 0.29) is 12.4 Å². The van der Waals surface area contributed by atoms with E-state index in [0.29, 0.717) is 5.03 Å². The molecule has 2 aromatic rings. The van der Waals surface area contributed by atoms with Gasteiger partial charge >= 0.3 is 0 Å². The number of aromatic nitrogens is 1. The molecule has 0 atom stereocenters. The van der Waals surface area contributed by atoms with Crippen molar-refractivity contribution in [2.24, 2.45) is 0 Å². The van der Waals surface area contributed by atoms with E-state index in [0.717, 1.165) is 10.5 Å². The van der Waals surface area contributed by atoms with Crippen molar-refractivity contribution in [3.05, 3.63) is 54.0 Å². The molecule has 0 saturated heterocycles. The van der Waals surface area contributed by atoms with Gasteiger partial charge in [-0.15, -0.1) is 0 Å². The van der Waals surface area contributed by atoms with Gasteiger partial charge in [-0.25, -0.2) is 9.37 Å². The lowest BCUT2D eigenvalue weighted by Gasteiger charge is -2.02. The van der Waals surface area contributed by atoms with Crippen LogP contribution in [0.4, 0.5) is 4.39 Å². The van der Waals surface area contributed by atoms with Crippen LogP contribution in [0.3, 0.4) is 0 Å². The Morgan fingerprint density at radius 2 is 1.94 bits per heavy atom. The van der Waals surface area contributed by atoms with E-state index < -0.39 is 0 Å². The minimum atomic E-state index is -0.321. The fourth-order valence-corrected chi connectivity index (χ4v) is 2.00. The van der Waals surface area contributed by atoms with E-state index >= 15 is 0 Å². The van der Waals surface area contributed by atoms with Gasteiger partial charge < -0.3 is 5.11 Å². The molecule has 4 heteroatoms. The highest BCUT2D eigenvalue weighted by Crippen LogP contribution is 2.27. The number of aliphatic hydroxyl groups excluding tert-OH is 1. The average molecular weight is 235 g/mol. The Hall–Kier alpha value is -1.39. The van der Waals surface area contributed by atoms with Crippen molar-refractivity contribution in [3.8, 4) is 0 Å². The molecule has 0 amide bonds. The number of aliphatic hydroxyl groups is 1. The number of nitrogens with zero attached hydrogens (tertiary/aromatic N) is 1. The zero-order valence-electron chi connectivity index (χ0n) is 8.43. The molecule has 1 aromatic carbocycles. The summed E-state index contributed by atoms with van der Waals surface area (Å²) in [6, 6.07) is 10.2. The van der Waals surface area contributed by atoms with Crippen molar-refractivity contribution in [3.63, 3.8) is 0 Å². The lowest BCUT2D eigenvalue weighted by molar-refractivity contribution is 0.282. The first kappa shape index (κ1) is 11.1. The monoisotopic (exact) mass is 235 g/mol. The van der Waals surface area contributed by atoms with E-state index in [1.165, 1.54) is 17.8 Å². The van der Waals surface area contributed by atoms with Gasteiger partial charge in [0.25, 0.3) is 0 Å². The van der Waals surface area contributed by atoms with Gasteiger partial charge in [-0.05, 0) is 29.8 Å². The zero-order chi connectivity index (χ0) is 11.4. The summed E-state index contributed by atoms with van der Waals surface area (Å²) in [5.74, 6) is -0.321. The lowest BCUT2D eigenvalue weighted by atomic mass is 10.2. The summed E-state index contributed by atoms with van der Waals surface area (Å²) >= 11 is 1.27. The van der Waals surface area contributed by atoms with Crippen molar-refractivity contribution in [1.82, 2.24) is 4.98 Å². The van der Waals surface area contributed by atoms with Crippen LogP contribution in [0.5, 0.6) is 0 Å². The summed E-state index contributed by atoms with van der Waals surface area (Å²) in [6.07, 6.45) is 1.56. The predicted octanol–water partition coefficient (Wildman–Crippen LogP) is 2.86. The van der Waals surface area contributed by atoms with Crippen molar-refractivity contribution < 1.29 is 9.50 Å². The van der Waals surface area contributed by atoms with E-state index in [1.807, 2.05) is 24.3 Å². The fourth-order valence-electron chi connectivity index (χ4n) is 1.22. The van der Waals surface area contributed by atoms with Crippen LogP contribution >= 0.6 is 11.8 Å².